The highest BCUT2D eigenvalue weighted by Gasteiger charge is 2.24. The minimum atomic E-state index is 0.0324. The molecule has 1 atom stereocenters. The van der Waals surface area contributed by atoms with Crippen molar-refractivity contribution in [3.05, 3.63) is 24.4 Å². The Bertz CT molecular complexity index is 185. The zero-order chi connectivity index (χ0) is 6.27. The smallest absolute Gasteiger partial charge is 0.253 e. The second-order valence-electron chi connectivity index (χ2n) is 2.13. The van der Waals surface area contributed by atoms with E-state index in [1.165, 1.54) is 5.70 Å². The van der Waals surface area contributed by atoms with Gasteiger partial charge in [-0.25, -0.2) is 0 Å². The minimum absolute atomic E-state index is 0.0324. The maximum Gasteiger partial charge on any atom is 0.253 e. The molecule has 2 heterocycles. The van der Waals surface area contributed by atoms with Crippen LogP contribution in [0.5, 0.6) is 0 Å². The van der Waals surface area contributed by atoms with E-state index in [0.717, 1.165) is 0 Å². The van der Waals surface area contributed by atoms with Gasteiger partial charge in [-0.15, -0.1) is 0 Å². The van der Waals surface area contributed by atoms with Crippen LogP contribution in [0.3, 0.4) is 0 Å². The van der Waals surface area contributed by atoms with Crippen molar-refractivity contribution >= 4 is 0 Å². The number of ether oxygens (including phenoxy) is 1. The molecule has 2 rings (SSSR count). The summed E-state index contributed by atoms with van der Waals surface area (Å²) in [5, 5.41) is 3.05. The van der Waals surface area contributed by atoms with Crippen molar-refractivity contribution in [2.45, 2.75) is 13.3 Å². The minimum Gasteiger partial charge on any atom is -0.458 e. The molecular formula is C6H8N2O. The Labute approximate surface area is 53.6 Å². The highest BCUT2D eigenvalue weighted by atomic mass is 16.5. The molecule has 0 amide bonds. The fraction of sp³-hybridized carbons (Fsp3) is 0.333. The van der Waals surface area contributed by atoms with Gasteiger partial charge in [-0.3, -0.25) is 4.90 Å². The van der Waals surface area contributed by atoms with Gasteiger partial charge < -0.3 is 10.1 Å². The molecule has 0 fully saturated rings. The van der Waals surface area contributed by atoms with Crippen molar-refractivity contribution in [3.63, 3.8) is 0 Å². The third-order valence-electron chi connectivity index (χ3n) is 1.52. The van der Waals surface area contributed by atoms with Crippen molar-refractivity contribution < 1.29 is 4.74 Å². The van der Waals surface area contributed by atoms with Gasteiger partial charge in [0.1, 0.15) is 6.26 Å². The molecule has 0 bridgehead atoms. The molecule has 9 heavy (non-hydrogen) atoms. The van der Waals surface area contributed by atoms with Gasteiger partial charge in [0.25, 0.3) is 6.35 Å². The van der Waals surface area contributed by atoms with Crippen molar-refractivity contribution in [2.75, 3.05) is 0 Å². The summed E-state index contributed by atoms with van der Waals surface area (Å²) in [7, 11) is 0. The van der Waals surface area contributed by atoms with Gasteiger partial charge >= 0.3 is 0 Å². The van der Waals surface area contributed by atoms with Crippen LogP contribution in [0.4, 0.5) is 0 Å². The second-order valence-corrected chi connectivity index (χ2v) is 2.13. The Morgan fingerprint density at radius 1 is 1.78 bits per heavy atom. The molecule has 2 aliphatic heterocycles. The van der Waals surface area contributed by atoms with E-state index in [2.05, 4.69) is 5.32 Å². The van der Waals surface area contributed by atoms with Crippen LogP contribution < -0.4 is 5.32 Å². The maximum absolute atomic E-state index is 5.13. The zero-order valence-electron chi connectivity index (χ0n) is 5.16. The van der Waals surface area contributed by atoms with Crippen molar-refractivity contribution in [2.24, 2.45) is 0 Å². The van der Waals surface area contributed by atoms with Gasteiger partial charge in [-0.05, 0) is 6.92 Å². The van der Waals surface area contributed by atoms with Crippen molar-refractivity contribution in [3.8, 4) is 0 Å². The Morgan fingerprint density at radius 2 is 2.67 bits per heavy atom. The van der Waals surface area contributed by atoms with Crippen LogP contribution in [-0.2, 0) is 4.74 Å². The van der Waals surface area contributed by atoms with Crippen LogP contribution in [0.1, 0.15) is 6.92 Å². The predicted molar refractivity (Wildman–Crippen MR) is 32.7 cm³/mol. The predicted octanol–water partition coefficient (Wildman–Crippen LogP) is 0.538. The van der Waals surface area contributed by atoms with Crippen LogP contribution in [-0.4, -0.2) is 11.3 Å². The monoisotopic (exact) mass is 124 g/mol. The normalized spacial score (nSPS) is 29.2. The van der Waals surface area contributed by atoms with Gasteiger partial charge in [0.05, 0.1) is 0 Å². The van der Waals surface area contributed by atoms with E-state index in [1.54, 1.807) is 6.26 Å². The molecule has 2 aliphatic rings. The molecule has 0 saturated heterocycles. The van der Waals surface area contributed by atoms with E-state index in [0.29, 0.717) is 0 Å². The van der Waals surface area contributed by atoms with Crippen molar-refractivity contribution in [1.29, 1.82) is 0 Å². The Kier molecular flexibility index (Phi) is 0.754. The first-order valence-electron chi connectivity index (χ1n) is 2.91. The molecule has 0 aromatic carbocycles. The first kappa shape index (κ1) is 4.73. The zero-order valence-corrected chi connectivity index (χ0v) is 5.16. The fourth-order valence-corrected chi connectivity index (χ4v) is 1.01. The lowest BCUT2D eigenvalue weighted by Gasteiger charge is -2.15. The molecule has 0 aliphatic carbocycles. The van der Waals surface area contributed by atoms with Crippen molar-refractivity contribution in [1.82, 2.24) is 10.2 Å². The second kappa shape index (κ2) is 1.43. The van der Waals surface area contributed by atoms with E-state index < -0.39 is 0 Å². The number of allylic oxidation sites excluding steroid dienone is 1. The molecule has 3 nitrogen and oxygen atoms in total. The van der Waals surface area contributed by atoms with Gasteiger partial charge in [0.2, 0.25) is 0 Å². The highest BCUT2D eigenvalue weighted by molar-refractivity contribution is 5.10. The number of hydrogen-bond donors (Lipinski definition) is 1. The highest BCUT2D eigenvalue weighted by Crippen LogP contribution is 2.19. The van der Waals surface area contributed by atoms with Crippen LogP contribution in [0.25, 0.3) is 0 Å². The summed E-state index contributed by atoms with van der Waals surface area (Å²) in [6.07, 6.45) is 5.57. The third kappa shape index (κ3) is 0.512. The number of hydrogen-bond acceptors (Lipinski definition) is 3. The molecule has 3 heteroatoms. The lowest BCUT2D eigenvalue weighted by atomic mass is 10.5. The summed E-state index contributed by atoms with van der Waals surface area (Å²) < 4.78 is 5.13. The lowest BCUT2D eigenvalue weighted by molar-refractivity contribution is 0.0745. The molecule has 0 aromatic heterocycles. The van der Waals surface area contributed by atoms with E-state index in [1.807, 2.05) is 24.2 Å². The van der Waals surface area contributed by atoms with E-state index in [9.17, 15) is 0 Å². The summed E-state index contributed by atoms with van der Waals surface area (Å²) >= 11 is 0. The summed E-state index contributed by atoms with van der Waals surface area (Å²) in [5.74, 6) is 0. The Balaban J connectivity index is 2.25. The topological polar surface area (TPSA) is 24.5 Å². The number of fused-ring (bicyclic) bond motifs is 1. The number of rotatable bonds is 0. The molecule has 0 saturated carbocycles. The SMILES string of the molecule is CC1=CNC2OC=CN12. The van der Waals surface area contributed by atoms with Crippen LogP contribution in [0, 0.1) is 0 Å². The molecule has 0 aromatic rings. The molecule has 0 spiro atoms. The standard InChI is InChI=1S/C6H8N2O/c1-5-4-7-6-8(5)2-3-9-6/h2-4,6-7H,1H3. The third-order valence-corrected chi connectivity index (χ3v) is 1.52. The van der Waals surface area contributed by atoms with E-state index in [-0.39, 0.29) is 6.35 Å². The van der Waals surface area contributed by atoms with E-state index >= 15 is 0 Å². The van der Waals surface area contributed by atoms with Crippen LogP contribution >= 0.6 is 0 Å². The molecule has 0 radical (unpaired) electrons. The van der Waals surface area contributed by atoms with Gasteiger partial charge in [-0.1, -0.05) is 0 Å². The maximum atomic E-state index is 5.13. The number of nitrogens with zero attached hydrogens (tertiary/aromatic N) is 1. The molecule has 48 valence electrons. The molecular weight excluding hydrogens is 116 g/mol. The summed E-state index contributed by atoms with van der Waals surface area (Å²) in [4.78, 5) is 2.03. The fourth-order valence-electron chi connectivity index (χ4n) is 1.01. The quantitative estimate of drug-likeness (QED) is 0.510. The van der Waals surface area contributed by atoms with Gasteiger partial charge in [0.15, 0.2) is 0 Å². The van der Waals surface area contributed by atoms with Gasteiger partial charge in [-0.2, -0.15) is 0 Å². The average molecular weight is 124 g/mol. The van der Waals surface area contributed by atoms with Crippen LogP contribution in [0.15, 0.2) is 24.4 Å². The first-order chi connectivity index (χ1) is 4.38. The van der Waals surface area contributed by atoms with E-state index in [4.69, 9.17) is 4.74 Å². The lowest BCUT2D eigenvalue weighted by Crippen LogP contribution is -2.30. The Morgan fingerprint density at radius 3 is 3.44 bits per heavy atom. The van der Waals surface area contributed by atoms with Gasteiger partial charge in [0, 0.05) is 18.1 Å². The largest absolute Gasteiger partial charge is 0.458 e. The average Bonchev–Trinajstić information content (AvgIpc) is 2.35. The summed E-state index contributed by atoms with van der Waals surface area (Å²) in [6, 6.07) is 0. The molecule has 1 unspecified atom stereocenters. The Hall–Kier alpha value is -1.12. The summed E-state index contributed by atoms with van der Waals surface area (Å²) in [6.45, 7) is 2.03. The molecule has 1 N–H and O–H groups in total. The first-order valence-corrected chi connectivity index (χ1v) is 2.91. The number of nitrogens with one attached hydrogen (secondary N) is 1. The van der Waals surface area contributed by atoms with Crippen LogP contribution in [0.2, 0.25) is 0 Å². The summed E-state index contributed by atoms with van der Waals surface area (Å²) in [5.41, 5.74) is 1.19.